The van der Waals surface area contributed by atoms with Crippen LogP contribution in [0, 0.1) is 5.92 Å². The molecule has 2 heterocycles. The summed E-state index contributed by atoms with van der Waals surface area (Å²) < 4.78 is 9.73. The molecule has 136 valence electrons. The number of fused-ring (bicyclic) bond motifs is 1. The van der Waals surface area contributed by atoms with Crippen molar-refractivity contribution in [3.8, 4) is 5.75 Å². The molecule has 26 heavy (non-hydrogen) atoms. The average molecular weight is 359 g/mol. The molecule has 0 saturated carbocycles. The van der Waals surface area contributed by atoms with Gasteiger partial charge in [-0.1, -0.05) is 0 Å². The fraction of sp³-hybridized carbons (Fsp3) is 0.353. The van der Waals surface area contributed by atoms with Crippen molar-refractivity contribution in [1.29, 1.82) is 0 Å². The summed E-state index contributed by atoms with van der Waals surface area (Å²) in [6, 6.07) is 6.30. The van der Waals surface area contributed by atoms with E-state index in [4.69, 9.17) is 4.74 Å². The van der Waals surface area contributed by atoms with Crippen molar-refractivity contribution >= 4 is 35.1 Å². The zero-order valence-electron chi connectivity index (χ0n) is 14.7. The van der Waals surface area contributed by atoms with Gasteiger partial charge in [0.2, 0.25) is 11.8 Å². The van der Waals surface area contributed by atoms with Gasteiger partial charge in [0, 0.05) is 6.92 Å². The molecule has 0 radical (unpaired) electrons. The van der Waals surface area contributed by atoms with Crippen LogP contribution in [0.3, 0.4) is 0 Å². The van der Waals surface area contributed by atoms with E-state index in [0.717, 1.165) is 17.0 Å². The van der Waals surface area contributed by atoms with E-state index in [2.05, 4.69) is 9.84 Å². The second-order valence-electron chi connectivity index (χ2n) is 6.07. The Balaban J connectivity index is 2.10. The van der Waals surface area contributed by atoms with Gasteiger partial charge in [0.15, 0.2) is 11.3 Å². The molecule has 9 heteroatoms. The van der Waals surface area contributed by atoms with Crippen molar-refractivity contribution in [2.45, 2.75) is 19.4 Å². The Morgan fingerprint density at radius 2 is 1.77 bits per heavy atom. The van der Waals surface area contributed by atoms with Crippen LogP contribution in [-0.2, 0) is 23.9 Å². The van der Waals surface area contributed by atoms with E-state index in [1.54, 1.807) is 24.3 Å². The third kappa shape index (κ3) is 2.20. The number of ether oxygens (including phenoxy) is 2. The summed E-state index contributed by atoms with van der Waals surface area (Å²) in [5, 5.41) is 4.79. The minimum atomic E-state index is -1.62. The molecule has 2 aliphatic rings. The van der Waals surface area contributed by atoms with Crippen molar-refractivity contribution in [3.63, 3.8) is 0 Å². The number of rotatable bonds is 3. The third-order valence-corrected chi connectivity index (χ3v) is 4.61. The lowest BCUT2D eigenvalue weighted by Gasteiger charge is -2.28. The van der Waals surface area contributed by atoms with Crippen molar-refractivity contribution in [3.05, 3.63) is 24.3 Å². The van der Waals surface area contributed by atoms with Crippen LogP contribution in [0.2, 0.25) is 0 Å². The summed E-state index contributed by atoms with van der Waals surface area (Å²) in [6.45, 7) is 2.63. The van der Waals surface area contributed by atoms with E-state index in [1.165, 1.54) is 21.0 Å². The number of benzene rings is 1. The standard InChI is InChI=1S/C17H17N3O6/c1-9(21)20-17(2)12(13(18-20)15(23)26-4)14(22)19(16(17)24)10-5-7-11(25-3)8-6-10/h5-8,12H,1-4H3. The van der Waals surface area contributed by atoms with Crippen LogP contribution in [0.15, 0.2) is 29.4 Å². The Hall–Kier alpha value is -3.23. The number of hydrogen-bond donors (Lipinski definition) is 0. The van der Waals surface area contributed by atoms with Crippen LogP contribution in [0.4, 0.5) is 5.69 Å². The van der Waals surface area contributed by atoms with E-state index < -0.39 is 35.1 Å². The summed E-state index contributed by atoms with van der Waals surface area (Å²) >= 11 is 0. The Bertz CT molecular complexity index is 847. The lowest BCUT2D eigenvalue weighted by atomic mass is 9.85. The molecular formula is C17H17N3O6. The van der Waals surface area contributed by atoms with Crippen LogP contribution < -0.4 is 9.64 Å². The highest BCUT2D eigenvalue weighted by atomic mass is 16.5. The monoisotopic (exact) mass is 359 g/mol. The molecule has 2 atom stereocenters. The summed E-state index contributed by atoms with van der Waals surface area (Å²) in [5.74, 6) is -3.38. The van der Waals surface area contributed by atoms with Gasteiger partial charge in [0.1, 0.15) is 11.7 Å². The van der Waals surface area contributed by atoms with Gasteiger partial charge in [-0.2, -0.15) is 5.10 Å². The molecule has 2 unspecified atom stereocenters. The molecule has 3 rings (SSSR count). The number of hydrogen-bond acceptors (Lipinski definition) is 7. The number of esters is 1. The Morgan fingerprint density at radius 3 is 2.27 bits per heavy atom. The van der Waals surface area contributed by atoms with Crippen molar-refractivity contribution in [2.75, 3.05) is 19.1 Å². The first-order chi connectivity index (χ1) is 12.3. The quantitative estimate of drug-likeness (QED) is 0.569. The molecule has 1 aromatic rings. The lowest BCUT2D eigenvalue weighted by Crippen LogP contribution is -2.52. The third-order valence-electron chi connectivity index (χ3n) is 4.61. The van der Waals surface area contributed by atoms with E-state index in [1.807, 2.05) is 0 Å². The number of imide groups is 1. The van der Waals surface area contributed by atoms with E-state index in [9.17, 15) is 19.2 Å². The summed E-state index contributed by atoms with van der Waals surface area (Å²) in [7, 11) is 2.64. The van der Waals surface area contributed by atoms with E-state index >= 15 is 0 Å². The Labute approximate surface area is 149 Å². The van der Waals surface area contributed by atoms with E-state index in [0.29, 0.717) is 11.4 Å². The molecular weight excluding hydrogens is 342 g/mol. The molecule has 1 fully saturated rings. The average Bonchev–Trinajstić information content (AvgIpc) is 3.05. The second kappa shape index (κ2) is 5.94. The predicted octanol–water partition coefficient (Wildman–Crippen LogP) is 0.334. The second-order valence-corrected chi connectivity index (χ2v) is 6.07. The fourth-order valence-electron chi connectivity index (χ4n) is 3.32. The van der Waals surface area contributed by atoms with Crippen LogP contribution in [0.1, 0.15) is 13.8 Å². The van der Waals surface area contributed by atoms with Gasteiger partial charge >= 0.3 is 5.97 Å². The van der Waals surface area contributed by atoms with Gasteiger partial charge < -0.3 is 9.47 Å². The van der Waals surface area contributed by atoms with E-state index in [-0.39, 0.29) is 5.71 Å². The van der Waals surface area contributed by atoms with Crippen molar-refractivity contribution in [1.82, 2.24) is 5.01 Å². The van der Waals surface area contributed by atoms with Crippen LogP contribution in [0.25, 0.3) is 0 Å². The fourth-order valence-corrected chi connectivity index (χ4v) is 3.32. The highest BCUT2D eigenvalue weighted by molar-refractivity contribution is 6.47. The van der Waals surface area contributed by atoms with Crippen LogP contribution >= 0.6 is 0 Å². The Morgan fingerprint density at radius 1 is 1.15 bits per heavy atom. The summed E-state index contributed by atoms with van der Waals surface area (Å²) in [5.41, 5.74) is -1.57. The summed E-state index contributed by atoms with van der Waals surface area (Å²) in [4.78, 5) is 51.1. The molecule has 0 bridgehead atoms. The van der Waals surface area contributed by atoms with Gasteiger partial charge in [-0.3, -0.25) is 14.4 Å². The molecule has 3 amide bonds. The number of amides is 3. The molecule has 1 saturated heterocycles. The molecule has 0 aromatic heterocycles. The van der Waals surface area contributed by atoms with Gasteiger partial charge in [0.25, 0.3) is 5.91 Å². The molecule has 1 aromatic carbocycles. The largest absolute Gasteiger partial charge is 0.497 e. The number of carbonyl (C=O) groups is 4. The number of anilines is 1. The first-order valence-electron chi connectivity index (χ1n) is 7.77. The minimum Gasteiger partial charge on any atom is -0.497 e. The number of nitrogens with zero attached hydrogens (tertiary/aromatic N) is 3. The number of methoxy groups -OCH3 is 2. The van der Waals surface area contributed by atoms with Gasteiger partial charge in [-0.05, 0) is 31.2 Å². The topological polar surface area (TPSA) is 106 Å². The zero-order chi connectivity index (χ0) is 19.2. The van der Waals surface area contributed by atoms with Gasteiger partial charge in [-0.15, -0.1) is 0 Å². The van der Waals surface area contributed by atoms with Crippen LogP contribution in [-0.4, -0.2) is 54.2 Å². The SMILES string of the molecule is COC(=O)C1=NN(C(C)=O)C2(C)C(=O)N(c3ccc(OC)cc3)C(=O)C12. The maximum atomic E-state index is 13.1. The number of hydrazone groups is 1. The lowest BCUT2D eigenvalue weighted by molar-refractivity contribution is -0.142. The Kier molecular flexibility index (Phi) is 4.02. The first kappa shape index (κ1) is 17.6. The van der Waals surface area contributed by atoms with Gasteiger partial charge in [0.05, 0.1) is 19.9 Å². The van der Waals surface area contributed by atoms with Crippen molar-refractivity contribution in [2.24, 2.45) is 11.0 Å². The normalized spacial score (nSPS) is 24.5. The predicted molar refractivity (Wildman–Crippen MR) is 89.4 cm³/mol. The minimum absolute atomic E-state index is 0.264. The van der Waals surface area contributed by atoms with Crippen LogP contribution in [0.5, 0.6) is 5.75 Å². The van der Waals surface area contributed by atoms with Gasteiger partial charge in [-0.25, -0.2) is 14.7 Å². The molecule has 0 N–H and O–H groups in total. The van der Waals surface area contributed by atoms with Crippen molar-refractivity contribution < 1.29 is 28.7 Å². The zero-order valence-corrected chi connectivity index (χ0v) is 14.7. The molecule has 0 aliphatic carbocycles. The first-order valence-corrected chi connectivity index (χ1v) is 7.77. The summed E-state index contributed by atoms with van der Waals surface area (Å²) in [6.07, 6.45) is 0. The highest BCUT2D eigenvalue weighted by Gasteiger charge is 2.67. The maximum Gasteiger partial charge on any atom is 0.355 e. The molecule has 0 spiro atoms. The highest BCUT2D eigenvalue weighted by Crippen LogP contribution is 2.43. The number of carbonyl (C=O) groups excluding carboxylic acids is 4. The smallest absolute Gasteiger partial charge is 0.355 e. The maximum absolute atomic E-state index is 13.1. The molecule has 9 nitrogen and oxygen atoms in total. The molecule has 2 aliphatic heterocycles.